The van der Waals surface area contributed by atoms with Gasteiger partial charge in [-0.2, -0.15) is 0 Å². The molecule has 0 aliphatic heterocycles. The number of rotatable bonds is 5. The number of benzene rings is 2. The molecule has 1 saturated carbocycles. The fourth-order valence-electron chi connectivity index (χ4n) is 4.52. The smallest absolute Gasteiger partial charge is 0.0388 e. The van der Waals surface area contributed by atoms with E-state index in [0.717, 1.165) is 17.0 Å². The topological polar surface area (TPSA) is 12.0 Å². The third kappa shape index (κ3) is 3.35. The van der Waals surface area contributed by atoms with E-state index in [0.29, 0.717) is 11.8 Å². The first kappa shape index (κ1) is 18.5. The second kappa shape index (κ2) is 6.46. The number of hydrogen-bond acceptors (Lipinski definition) is 1. The Bertz CT molecular complexity index is 865. The predicted molar refractivity (Wildman–Crippen MR) is 115 cm³/mol. The summed E-state index contributed by atoms with van der Waals surface area (Å²) in [4.78, 5) is 0. The maximum absolute atomic E-state index is 4.39. The van der Waals surface area contributed by atoms with Crippen LogP contribution in [0.5, 0.6) is 0 Å². The van der Waals surface area contributed by atoms with Gasteiger partial charge >= 0.3 is 0 Å². The maximum atomic E-state index is 4.39. The molecule has 1 N–H and O–H groups in total. The molecule has 1 aliphatic carbocycles. The van der Waals surface area contributed by atoms with Gasteiger partial charge < -0.3 is 5.32 Å². The molecule has 3 rings (SSSR count). The lowest BCUT2D eigenvalue weighted by Crippen LogP contribution is -2.04. The van der Waals surface area contributed by atoms with E-state index in [1.165, 1.54) is 27.8 Å². The molecule has 1 nitrogen and oxygen atoms in total. The highest BCUT2D eigenvalue weighted by atomic mass is 14.9. The summed E-state index contributed by atoms with van der Waals surface area (Å²) in [5, 5.41) is 3.58. The van der Waals surface area contributed by atoms with E-state index in [4.69, 9.17) is 0 Å². The Hall–Kier alpha value is -2.28. The minimum Gasteiger partial charge on any atom is -0.359 e. The van der Waals surface area contributed by atoms with E-state index in [9.17, 15) is 0 Å². The molecule has 1 aliphatic rings. The van der Waals surface area contributed by atoms with Gasteiger partial charge in [-0.05, 0) is 67.9 Å². The zero-order valence-corrected chi connectivity index (χ0v) is 17.0. The normalized spacial score (nSPS) is 20.5. The van der Waals surface area contributed by atoms with Crippen molar-refractivity contribution in [3.05, 3.63) is 83.1 Å². The number of anilines is 1. The van der Waals surface area contributed by atoms with Crippen LogP contribution in [0.25, 0.3) is 5.57 Å². The van der Waals surface area contributed by atoms with E-state index >= 15 is 0 Å². The van der Waals surface area contributed by atoms with Crippen LogP contribution < -0.4 is 5.32 Å². The van der Waals surface area contributed by atoms with Gasteiger partial charge in [0, 0.05) is 17.3 Å². The number of aryl methyl sites for hydroxylation is 3. The van der Waals surface area contributed by atoms with Crippen molar-refractivity contribution in [2.45, 2.75) is 47.5 Å². The van der Waals surface area contributed by atoms with Crippen LogP contribution in [0.1, 0.15) is 54.5 Å². The standard InChI is InChI=1S/C25H31N/c1-15(2)22-14-21(10-9-18(22)5)26-19(6)23-24(25(23,7)8)20-12-16(3)11-17(4)13-20/h9-14,23-24,26H,1,6H2,2-5,7-8H3. The van der Waals surface area contributed by atoms with Crippen molar-refractivity contribution in [1.29, 1.82) is 0 Å². The predicted octanol–water partition coefficient (Wildman–Crippen LogP) is 7.01. The minimum atomic E-state index is 0.228. The summed E-state index contributed by atoms with van der Waals surface area (Å²) in [7, 11) is 0. The molecule has 0 heterocycles. The van der Waals surface area contributed by atoms with Crippen LogP contribution in [0.15, 0.2) is 55.3 Å². The van der Waals surface area contributed by atoms with Gasteiger partial charge in [0.05, 0.1) is 0 Å². The highest BCUT2D eigenvalue weighted by molar-refractivity contribution is 5.69. The summed E-state index contributed by atoms with van der Waals surface area (Å²) in [6.45, 7) is 21.7. The molecule has 1 heteroatoms. The van der Waals surface area contributed by atoms with E-state index in [2.05, 4.69) is 96.4 Å². The lowest BCUT2D eigenvalue weighted by molar-refractivity contribution is 0.585. The molecule has 26 heavy (non-hydrogen) atoms. The largest absolute Gasteiger partial charge is 0.359 e. The Morgan fingerprint density at radius 2 is 1.58 bits per heavy atom. The second-order valence-electron chi connectivity index (χ2n) is 8.66. The van der Waals surface area contributed by atoms with Gasteiger partial charge in [0.1, 0.15) is 0 Å². The third-order valence-corrected chi connectivity index (χ3v) is 5.81. The van der Waals surface area contributed by atoms with Crippen LogP contribution in [0.2, 0.25) is 0 Å². The molecule has 2 aromatic rings. The van der Waals surface area contributed by atoms with Gasteiger partial charge in [0.2, 0.25) is 0 Å². The summed E-state index contributed by atoms with van der Waals surface area (Å²) < 4.78 is 0. The summed E-state index contributed by atoms with van der Waals surface area (Å²) in [5.41, 5.74) is 10.1. The Morgan fingerprint density at radius 3 is 2.15 bits per heavy atom. The first-order valence-corrected chi connectivity index (χ1v) is 9.42. The number of allylic oxidation sites excluding steroid dienone is 2. The van der Waals surface area contributed by atoms with Gasteiger partial charge in [-0.3, -0.25) is 0 Å². The Morgan fingerprint density at radius 1 is 0.962 bits per heavy atom. The van der Waals surface area contributed by atoms with Gasteiger partial charge in [-0.25, -0.2) is 0 Å². The fraction of sp³-hybridized carbons (Fsp3) is 0.360. The van der Waals surface area contributed by atoms with Crippen LogP contribution in [-0.4, -0.2) is 0 Å². The summed E-state index contributed by atoms with van der Waals surface area (Å²) in [6, 6.07) is 13.4. The fourth-order valence-corrected chi connectivity index (χ4v) is 4.52. The van der Waals surface area contributed by atoms with Gasteiger partial charge in [0.25, 0.3) is 0 Å². The number of hydrogen-bond donors (Lipinski definition) is 1. The number of nitrogens with one attached hydrogen (secondary N) is 1. The van der Waals surface area contributed by atoms with Crippen LogP contribution in [0, 0.1) is 32.1 Å². The molecular formula is C25H31N. The average molecular weight is 346 g/mol. The highest BCUT2D eigenvalue weighted by Gasteiger charge is 2.59. The molecule has 2 aromatic carbocycles. The lowest BCUT2D eigenvalue weighted by Gasteiger charge is -2.14. The van der Waals surface area contributed by atoms with Crippen molar-refractivity contribution >= 4 is 11.3 Å². The lowest BCUT2D eigenvalue weighted by atomic mass is 9.99. The van der Waals surface area contributed by atoms with E-state index in [-0.39, 0.29) is 5.41 Å². The Balaban J connectivity index is 1.82. The minimum absolute atomic E-state index is 0.228. The molecule has 0 amide bonds. The van der Waals surface area contributed by atoms with Crippen LogP contribution in [0.4, 0.5) is 5.69 Å². The molecule has 0 spiro atoms. The summed E-state index contributed by atoms with van der Waals surface area (Å²) in [5.74, 6) is 0.963. The zero-order chi connectivity index (χ0) is 19.2. The monoisotopic (exact) mass is 345 g/mol. The van der Waals surface area contributed by atoms with Crippen LogP contribution in [-0.2, 0) is 0 Å². The zero-order valence-electron chi connectivity index (χ0n) is 17.0. The quantitative estimate of drug-likeness (QED) is 0.614. The first-order valence-electron chi connectivity index (χ1n) is 9.42. The van der Waals surface area contributed by atoms with Crippen molar-refractivity contribution in [2.75, 3.05) is 5.32 Å². The van der Waals surface area contributed by atoms with Gasteiger partial charge in [-0.15, -0.1) is 0 Å². The Labute approximate surface area is 158 Å². The van der Waals surface area contributed by atoms with Crippen LogP contribution in [0.3, 0.4) is 0 Å². The van der Waals surface area contributed by atoms with Crippen molar-refractivity contribution < 1.29 is 0 Å². The van der Waals surface area contributed by atoms with E-state index in [1.807, 2.05) is 0 Å². The van der Waals surface area contributed by atoms with Crippen LogP contribution >= 0.6 is 0 Å². The van der Waals surface area contributed by atoms with Gasteiger partial charge in [0.15, 0.2) is 0 Å². The van der Waals surface area contributed by atoms with E-state index in [1.54, 1.807) is 0 Å². The molecule has 0 aromatic heterocycles. The Kier molecular flexibility index (Phi) is 4.60. The molecule has 1 fully saturated rings. The molecule has 0 saturated heterocycles. The molecular weight excluding hydrogens is 314 g/mol. The molecule has 0 bridgehead atoms. The maximum Gasteiger partial charge on any atom is 0.0388 e. The van der Waals surface area contributed by atoms with Crippen molar-refractivity contribution in [1.82, 2.24) is 0 Å². The summed E-state index contributed by atoms with van der Waals surface area (Å²) >= 11 is 0. The molecule has 2 unspecified atom stereocenters. The highest BCUT2D eigenvalue weighted by Crippen LogP contribution is 2.67. The van der Waals surface area contributed by atoms with Crippen molar-refractivity contribution in [3.8, 4) is 0 Å². The van der Waals surface area contributed by atoms with Crippen molar-refractivity contribution in [2.24, 2.45) is 11.3 Å². The average Bonchev–Trinajstić information content (AvgIpc) is 3.10. The van der Waals surface area contributed by atoms with E-state index < -0.39 is 0 Å². The van der Waals surface area contributed by atoms with Gasteiger partial charge in [-0.1, -0.05) is 68.0 Å². The first-order chi connectivity index (χ1) is 12.1. The molecule has 0 radical (unpaired) electrons. The SMILES string of the molecule is C=C(C)c1cc(NC(=C)C2C(c3cc(C)cc(C)c3)C2(C)C)ccc1C. The summed E-state index contributed by atoms with van der Waals surface area (Å²) in [6.07, 6.45) is 0. The molecule has 2 atom stereocenters. The second-order valence-corrected chi connectivity index (χ2v) is 8.66. The molecule has 136 valence electrons. The third-order valence-electron chi connectivity index (χ3n) is 5.81. The van der Waals surface area contributed by atoms with Crippen molar-refractivity contribution in [3.63, 3.8) is 0 Å².